The predicted molar refractivity (Wildman–Crippen MR) is 82.3 cm³/mol. The average molecular weight is 314 g/mol. The smallest absolute Gasteiger partial charge is 0.193 e. The zero-order valence-electron chi connectivity index (χ0n) is 13.0. The Bertz CT molecular complexity index is 756. The van der Waals surface area contributed by atoms with E-state index in [0.29, 0.717) is 0 Å². The maximum Gasteiger partial charge on any atom is 0.193 e. The predicted octanol–water partition coefficient (Wildman–Crippen LogP) is 2.24. The minimum atomic E-state index is -1.64. The molecule has 5 nitrogen and oxygen atoms in total. The summed E-state index contributed by atoms with van der Waals surface area (Å²) in [6.07, 6.45) is -1.24. The molecule has 0 fully saturated rings. The molecular weight excluding hydrogens is 296 g/mol. The number of hydrogen-bond donors (Lipinski definition) is 2. The number of rotatable bonds is 1. The van der Waals surface area contributed by atoms with Crippen molar-refractivity contribution in [2.45, 2.75) is 32.8 Å². The van der Waals surface area contributed by atoms with Crippen molar-refractivity contribution in [3.8, 4) is 0 Å². The fraction of sp³-hybridized carbons (Fsp3) is 0.389. The quantitative estimate of drug-likeness (QED) is 0.829. The molecule has 0 unspecified atom stereocenters. The summed E-state index contributed by atoms with van der Waals surface area (Å²) in [6, 6.07) is 6.22. The Morgan fingerprint density at radius 3 is 2.13 bits per heavy atom. The molecule has 0 saturated carbocycles. The van der Waals surface area contributed by atoms with Gasteiger partial charge >= 0.3 is 0 Å². The van der Waals surface area contributed by atoms with Crippen LogP contribution in [0.2, 0.25) is 0 Å². The summed E-state index contributed by atoms with van der Waals surface area (Å²) in [4.78, 5) is 37.5. The van der Waals surface area contributed by atoms with Crippen LogP contribution in [0.4, 0.5) is 0 Å². The molecule has 0 heterocycles. The Morgan fingerprint density at radius 2 is 1.57 bits per heavy atom. The van der Waals surface area contributed by atoms with E-state index in [4.69, 9.17) is 0 Å². The van der Waals surface area contributed by atoms with Crippen LogP contribution in [0, 0.1) is 11.3 Å². The van der Waals surface area contributed by atoms with Crippen molar-refractivity contribution in [1.29, 1.82) is 0 Å². The second-order valence-electron chi connectivity index (χ2n) is 7.00. The van der Waals surface area contributed by atoms with E-state index in [1.54, 1.807) is 12.1 Å². The lowest BCUT2D eigenvalue weighted by Crippen LogP contribution is -2.45. The van der Waals surface area contributed by atoms with Crippen LogP contribution in [-0.2, 0) is 4.79 Å². The first-order valence-electron chi connectivity index (χ1n) is 7.54. The zero-order valence-corrected chi connectivity index (χ0v) is 13.0. The first-order chi connectivity index (χ1) is 10.7. The Kier molecular flexibility index (Phi) is 3.48. The minimum absolute atomic E-state index is 0.107. The third-order valence-electron chi connectivity index (χ3n) is 4.53. The normalized spacial score (nSPS) is 27.2. The van der Waals surface area contributed by atoms with E-state index in [9.17, 15) is 24.6 Å². The van der Waals surface area contributed by atoms with Crippen molar-refractivity contribution in [3.05, 3.63) is 46.7 Å². The molecule has 5 heteroatoms. The summed E-state index contributed by atoms with van der Waals surface area (Å²) in [7, 11) is 0. The van der Waals surface area contributed by atoms with Crippen LogP contribution in [0.3, 0.4) is 0 Å². The Balaban J connectivity index is 2.12. The van der Waals surface area contributed by atoms with Crippen molar-refractivity contribution >= 4 is 17.3 Å². The second-order valence-corrected chi connectivity index (χ2v) is 7.00. The molecule has 0 spiro atoms. The van der Waals surface area contributed by atoms with Crippen LogP contribution < -0.4 is 0 Å². The number of aliphatic hydroxyl groups is 2. The van der Waals surface area contributed by atoms with Gasteiger partial charge in [-0.25, -0.2) is 0 Å². The number of ketones is 3. The topological polar surface area (TPSA) is 91.7 Å². The van der Waals surface area contributed by atoms with Crippen molar-refractivity contribution in [2.24, 2.45) is 11.3 Å². The highest BCUT2D eigenvalue weighted by Crippen LogP contribution is 2.41. The molecule has 2 aliphatic rings. The fourth-order valence-corrected chi connectivity index (χ4v) is 3.48. The van der Waals surface area contributed by atoms with Crippen molar-refractivity contribution in [3.63, 3.8) is 0 Å². The van der Waals surface area contributed by atoms with Crippen LogP contribution >= 0.6 is 0 Å². The maximum atomic E-state index is 12.7. The first kappa shape index (κ1) is 15.6. The molecule has 2 aliphatic carbocycles. The SMILES string of the molecule is CC1(C)CC(=O)C([C@@H]2C(=O)c3ccccc3C(=O)[C@H]2O)=C(O)C1. The van der Waals surface area contributed by atoms with Gasteiger partial charge in [0.15, 0.2) is 17.3 Å². The number of allylic oxidation sites excluding steroid dienone is 1. The van der Waals surface area contributed by atoms with Gasteiger partial charge in [0.25, 0.3) is 0 Å². The maximum absolute atomic E-state index is 12.7. The summed E-state index contributed by atoms with van der Waals surface area (Å²) in [6.45, 7) is 3.69. The van der Waals surface area contributed by atoms with Gasteiger partial charge in [-0.15, -0.1) is 0 Å². The summed E-state index contributed by atoms with van der Waals surface area (Å²) in [5, 5.41) is 20.6. The standard InChI is InChI=1S/C18H18O5/c1-18(2)7-11(19)13(12(20)8-18)14-15(21)9-5-3-4-6-10(9)16(22)17(14)23/h3-6,14,17,19,23H,7-8H2,1-2H3/t14-,17+/m1/s1. The molecule has 23 heavy (non-hydrogen) atoms. The third kappa shape index (κ3) is 2.41. The zero-order chi connectivity index (χ0) is 16.9. The van der Waals surface area contributed by atoms with Gasteiger partial charge in [0, 0.05) is 29.5 Å². The number of carbonyl (C=O) groups excluding carboxylic acids is 3. The summed E-state index contributed by atoms with van der Waals surface area (Å²) >= 11 is 0. The van der Waals surface area contributed by atoms with Gasteiger partial charge in [0.05, 0.1) is 5.92 Å². The van der Waals surface area contributed by atoms with Crippen molar-refractivity contribution in [2.75, 3.05) is 0 Å². The summed E-state index contributed by atoms with van der Waals surface area (Å²) in [5.74, 6) is -2.99. The molecule has 0 aromatic heterocycles. The Labute approximate surface area is 133 Å². The van der Waals surface area contributed by atoms with Gasteiger partial charge in [-0.1, -0.05) is 38.1 Å². The second kappa shape index (κ2) is 5.13. The minimum Gasteiger partial charge on any atom is -0.512 e. The van der Waals surface area contributed by atoms with Crippen molar-refractivity contribution < 1.29 is 24.6 Å². The van der Waals surface area contributed by atoms with Gasteiger partial charge in [0.1, 0.15) is 11.9 Å². The molecule has 1 aromatic carbocycles. The number of benzene rings is 1. The Morgan fingerprint density at radius 1 is 1.00 bits per heavy atom. The lowest BCUT2D eigenvalue weighted by molar-refractivity contribution is -0.119. The molecule has 0 bridgehead atoms. The largest absolute Gasteiger partial charge is 0.512 e. The van der Waals surface area contributed by atoms with Crippen LogP contribution in [0.1, 0.15) is 47.4 Å². The molecule has 0 saturated heterocycles. The van der Waals surface area contributed by atoms with E-state index in [-0.39, 0.29) is 41.1 Å². The average Bonchev–Trinajstić information content (AvgIpc) is 2.46. The van der Waals surface area contributed by atoms with Crippen molar-refractivity contribution in [1.82, 2.24) is 0 Å². The summed E-state index contributed by atoms with van der Waals surface area (Å²) in [5.41, 5.74) is -0.171. The molecule has 1 aromatic rings. The van der Waals surface area contributed by atoms with Gasteiger partial charge in [-0.2, -0.15) is 0 Å². The van der Waals surface area contributed by atoms with Gasteiger partial charge in [-0.05, 0) is 5.41 Å². The first-order valence-corrected chi connectivity index (χ1v) is 7.54. The molecule has 3 rings (SSSR count). The van der Waals surface area contributed by atoms with E-state index >= 15 is 0 Å². The van der Waals surface area contributed by atoms with Crippen LogP contribution in [-0.4, -0.2) is 33.7 Å². The lowest BCUT2D eigenvalue weighted by Gasteiger charge is -2.35. The highest BCUT2D eigenvalue weighted by molar-refractivity contribution is 6.20. The molecule has 120 valence electrons. The number of aliphatic hydroxyl groups excluding tert-OH is 2. The van der Waals surface area contributed by atoms with Crippen LogP contribution in [0.25, 0.3) is 0 Å². The van der Waals surface area contributed by atoms with E-state index in [2.05, 4.69) is 0 Å². The van der Waals surface area contributed by atoms with Gasteiger partial charge in [0.2, 0.25) is 0 Å². The van der Waals surface area contributed by atoms with Crippen LogP contribution in [0.5, 0.6) is 0 Å². The molecule has 0 radical (unpaired) electrons. The van der Waals surface area contributed by atoms with Gasteiger partial charge in [-0.3, -0.25) is 14.4 Å². The molecular formula is C18H18O5. The monoisotopic (exact) mass is 314 g/mol. The highest BCUT2D eigenvalue weighted by Gasteiger charge is 2.47. The molecule has 0 amide bonds. The number of carbonyl (C=O) groups is 3. The van der Waals surface area contributed by atoms with E-state index in [1.165, 1.54) is 12.1 Å². The van der Waals surface area contributed by atoms with E-state index < -0.39 is 29.0 Å². The molecule has 0 aliphatic heterocycles. The lowest BCUT2D eigenvalue weighted by atomic mass is 9.68. The number of hydrogen-bond acceptors (Lipinski definition) is 5. The molecule has 2 atom stereocenters. The molecule has 2 N–H and O–H groups in total. The third-order valence-corrected chi connectivity index (χ3v) is 4.53. The van der Waals surface area contributed by atoms with E-state index in [0.717, 1.165) is 0 Å². The number of fused-ring (bicyclic) bond motifs is 1. The summed E-state index contributed by atoms with van der Waals surface area (Å²) < 4.78 is 0. The fourth-order valence-electron chi connectivity index (χ4n) is 3.48. The van der Waals surface area contributed by atoms with E-state index in [1.807, 2.05) is 13.8 Å². The van der Waals surface area contributed by atoms with Crippen LogP contribution in [0.15, 0.2) is 35.6 Å². The van der Waals surface area contributed by atoms with Gasteiger partial charge < -0.3 is 10.2 Å². The Hall–Kier alpha value is -2.27. The highest BCUT2D eigenvalue weighted by atomic mass is 16.3. The number of Topliss-reactive ketones (excluding diaryl/α,β-unsaturated/α-hetero) is 3.